The van der Waals surface area contributed by atoms with Gasteiger partial charge in [-0.25, -0.2) is 0 Å². The third-order valence-electron chi connectivity index (χ3n) is 4.27. The Balaban J connectivity index is 2.15. The van der Waals surface area contributed by atoms with Crippen LogP contribution < -0.4 is 5.32 Å². The van der Waals surface area contributed by atoms with Gasteiger partial charge in [0, 0.05) is 23.5 Å². The Hall–Kier alpha value is -0.530. The third-order valence-corrected chi connectivity index (χ3v) is 4.61. The van der Waals surface area contributed by atoms with Crippen LogP contribution in [0.4, 0.5) is 0 Å². The standard InChI is InChI=1S/C17H26ClN/c1-13(2)19-12-16(14-8-4-3-5-9-14)15-10-6-7-11-17(15)18/h6-7,10-11,13-14,16,19H,3-5,8-9,12H2,1-2H3. The summed E-state index contributed by atoms with van der Waals surface area (Å²) in [5.74, 6) is 1.36. The Bertz CT molecular complexity index is 383. The minimum atomic E-state index is 0.536. The van der Waals surface area contributed by atoms with Crippen LogP contribution in [-0.4, -0.2) is 12.6 Å². The lowest BCUT2D eigenvalue weighted by Crippen LogP contribution is -2.32. The lowest BCUT2D eigenvalue weighted by atomic mass is 9.76. The summed E-state index contributed by atoms with van der Waals surface area (Å²) in [5, 5.41) is 4.54. The van der Waals surface area contributed by atoms with E-state index in [0.717, 1.165) is 17.5 Å². The molecule has 1 atom stereocenters. The second-order valence-corrected chi connectivity index (χ2v) is 6.50. The number of hydrogen-bond donors (Lipinski definition) is 1. The van der Waals surface area contributed by atoms with Crippen LogP contribution in [0.3, 0.4) is 0 Å². The molecule has 1 unspecified atom stereocenters. The van der Waals surface area contributed by atoms with Gasteiger partial charge in [-0.2, -0.15) is 0 Å². The van der Waals surface area contributed by atoms with Gasteiger partial charge in [0.15, 0.2) is 0 Å². The molecule has 0 heterocycles. The van der Waals surface area contributed by atoms with Crippen molar-refractivity contribution in [3.8, 4) is 0 Å². The van der Waals surface area contributed by atoms with Gasteiger partial charge in [-0.05, 0) is 30.4 Å². The highest BCUT2D eigenvalue weighted by Crippen LogP contribution is 2.38. The third kappa shape index (κ3) is 4.22. The van der Waals surface area contributed by atoms with Crippen molar-refractivity contribution in [2.45, 2.75) is 57.9 Å². The number of hydrogen-bond acceptors (Lipinski definition) is 1. The van der Waals surface area contributed by atoms with E-state index in [4.69, 9.17) is 11.6 Å². The Morgan fingerprint density at radius 3 is 2.47 bits per heavy atom. The molecule has 0 aromatic heterocycles. The van der Waals surface area contributed by atoms with E-state index in [1.165, 1.54) is 37.7 Å². The molecule has 0 bridgehead atoms. The summed E-state index contributed by atoms with van der Waals surface area (Å²) in [6.07, 6.45) is 6.88. The van der Waals surface area contributed by atoms with Crippen molar-refractivity contribution in [1.29, 1.82) is 0 Å². The van der Waals surface area contributed by atoms with E-state index in [2.05, 4.69) is 31.3 Å². The highest BCUT2D eigenvalue weighted by atomic mass is 35.5. The second kappa shape index (κ2) is 7.31. The fourth-order valence-electron chi connectivity index (χ4n) is 3.21. The molecular formula is C17H26ClN. The second-order valence-electron chi connectivity index (χ2n) is 6.09. The summed E-state index contributed by atoms with van der Waals surface area (Å²) in [4.78, 5) is 0. The smallest absolute Gasteiger partial charge is 0.0441 e. The van der Waals surface area contributed by atoms with Gasteiger partial charge in [0.05, 0.1) is 0 Å². The molecule has 1 N–H and O–H groups in total. The average molecular weight is 280 g/mol. The van der Waals surface area contributed by atoms with Crippen LogP contribution in [0.1, 0.15) is 57.4 Å². The minimum Gasteiger partial charge on any atom is -0.314 e. The van der Waals surface area contributed by atoms with Gasteiger partial charge in [0.2, 0.25) is 0 Å². The van der Waals surface area contributed by atoms with E-state index in [-0.39, 0.29) is 0 Å². The first-order valence-corrected chi connectivity index (χ1v) is 8.04. The van der Waals surface area contributed by atoms with Crippen molar-refractivity contribution in [2.75, 3.05) is 6.54 Å². The van der Waals surface area contributed by atoms with Crippen LogP contribution in [0.25, 0.3) is 0 Å². The highest BCUT2D eigenvalue weighted by molar-refractivity contribution is 6.31. The topological polar surface area (TPSA) is 12.0 Å². The molecule has 19 heavy (non-hydrogen) atoms. The molecule has 0 amide bonds. The number of halogens is 1. The average Bonchev–Trinajstić information content (AvgIpc) is 2.42. The number of benzene rings is 1. The quantitative estimate of drug-likeness (QED) is 0.800. The predicted octanol–water partition coefficient (Wildman–Crippen LogP) is 5.00. The summed E-state index contributed by atoms with van der Waals surface area (Å²) in [6, 6.07) is 8.92. The molecule has 1 aliphatic rings. The van der Waals surface area contributed by atoms with Gasteiger partial charge in [0.25, 0.3) is 0 Å². The zero-order valence-corrected chi connectivity index (χ0v) is 12.9. The molecule has 2 heteroatoms. The van der Waals surface area contributed by atoms with Gasteiger partial charge < -0.3 is 5.32 Å². The fourth-order valence-corrected chi connectivity index (χ4v) is 3.48. The van der Waals surface area contributed by atoms with E-state index in [1.807, 2.05) is 12.1 Å². The monoisotopic (exact) mass is 279 g/mol. The minimum absolute atomic E-state index is 0.536. The largest absolute Gasteiger partial charge is 0.314 e. The van der Waals surface area contributed by atoms with Crippen LogP contribution in [-0.2, 0) is 0 Å². The molecular weight excluding hydrogens is 254 g/mol. The number of rotatable bonds is 5. The van der Waals surface area contributed by atoms with Crippen molar-refractivity contribution >= 4 is 11.6 Å². The molecule has 1 nitrogen and oxygen atoms in total. The molecule has 1 aromatic rings. The van der Waals surface area contributed by atoms with Gasteiger partial charge in [-0.3, -0.25) is 0 Å². The lowest BCUT2D eigenvalue weighted by Gasteiger charge is -2.32. The summed E-state index contributed by atoms with van der Waals surface area (Å²) in [6.45, 7) is 5.47. The molecule has 1 aromatic carbocycles. The van der Waals surface area contributed by atoms with E-state index < -0.39 is 0 Å². The van der Waals surface area contributed by atoms with Crippen LogP contribution >= 0.6 is 11.6 Å². The Labute approximate surface area is 122 Å². The Morgan fingerprint density at radius 1 is 1.16 bits per heavy atom. The molecule has 0 aliphatic heterocycles. The molecule has 1 saturated carbocycles. The maximum Gasteiger partial charge on any atom is 0.0441 e. The maximum absolute atomic E-state index is 6.43. The Kier molecular flexibility index (Phi) is 5.72. The lowest BCUT2D eigenvalue weighted by molar-refractivity contribution is 0.293. The van der Waals surface area contributed by atoms with Crippen molar-refractivity contribution in [2.24, 2.45) is 5.92 Å². The maximum atomic E-state index is 6.43. The molecule has 2 rings (SSSR count). The van der Waals surface area contributed by atoms with Crippen LogP contribution in [0.15, 0.2) is 24.3 Å². The summed E-state index contributed by atoms with van der Waals surface area (Å²) < 4.78 is 0. The van der Waals surface area contributed by atoms with Gasteiger partial charge in [-0.15, -0.1) is 0 Å². The molecule has 0 radical (unpaired) electrons. The van der Waals surface area contributed by atoms with E-state index in [9.17, 15) is 0 Å². The van der Waals surface area contributed by atoms with Crippen LogP contribution in [0.5, 0.6) is 0 Å². The van der Waals surface area contributed by atoms with Gasteiger partial charge in [-0.1, -0.05) is 62.9 Å². The molecule has 106 valence electrons. The van der Waals surface area contributed by atoms with Crippen molar-refractivity contribution in [3.63, 3.8) is 0 Å². The fraction of sp³-hybridized carbons (Fsp3) is 0.647. The van der Waals surface area contributed by atoms with Crippen molar-refractivity contribution < 1.29 is 0 Å². The first-order valence-electron chi connectivity index (χ1n) is 7.66. The zero-order chi connectivity index (χ0) is 13.7. The van der Waals surface area contributed by atoms with Gasteiger partial charge >= 0.3 is 0 Å². The van der Waals surface area contributed by atoms with Gasteiger partial charge in [0.1, 0.15) is 0 Å². The zero-order valence-electron chi connectivity index (χ0n) is 12.2. The van der Waals surface area contributed by atoms with Crippen molar-refractivity contribution in [1.82, 2.24) is 5.32 Å². The Morgan fingerprint density at radius 2 is 1.84 bits per heavy atom. The SMILES string of the molecule is CC(C)NCC(c1ccccc1Cl)C1CCCCC1. The number of nitrogens with one attached hydrogen (secondary N) is 1. The van der Waals surface area contributed by atoms with E-state index >= 15 is 0 Å². The molecule has 0 saturated heterocycles. The summed E-state index contributed by atoms with van der Waals surface area (Å²) >= 11 is 6.43. The summed E-state index contributed by atoms with van der Waals surface area (Å²) in [5.41, 5.74) is 1.34. The first kappa shape index (κ1) is 14.9. The first-order chi connectivity index (χ1) is 9.18. The molecule has 1 aliphatic carbocycles. The molecule has 0 spiro atoms. The van der Waals surface area contributed by atoms with Crippen molar-refractivity contribution in [3.05, 3.63) is 34.9 Å². The van der Waals surface area contributed by atoms with E-state index in [0.29, 0.717) is 12.0 Å². The predicted molar refractivity (Wildman–Crippen MR) is 83.9 cm³/mol. The van der Waals surface area contributed by atoms with Crippen LogP contribution in [0.2, 0.25) is 5.02 Å². The highest BCUT2D eigenvalue weighted by Gasteiger charge is 2.26. The summed E-state index contributed by atoms with van der Waals surface area (Å²) in [7, 11) is 0. The molecule has 1 fully saturated rings. The van der Waals surface area contributed by atoms with Crippen LogP contribution in [0, 0.1) is 5.92 Å². The normalized spacial score (nSPS) is 18.7. The van der Waals surface area contributed by atoms with E-state index in [1.54, 1.807) is 0 Å².